The molecular weight excluding hydrogens is 441 g/mol. The predicted octanol–water partition coefficient (Wildman–Crippen LogP) is 2.05. The van der Waals surface area contributed by atoms with Gasteiger partial charge in [-0.25, -0.2) is 12.8 Å². The number of carbonyl (C=O) groups is 2. The van der Waals surface area contributed by atoms with Crippen LogP contribution in [0.2, 0.25) is 0 Å². The molecular formula is C21H26FN3O4S2. The van der Waals surface area contributed by atoms with Crippen molar-refractivity contribution in [2.24, 2.45) is 0 Å². The Bertz CT molecular complexity index is 972. The molecule has 2 amide bonds. The van der Waals surface area contributed by atoms with E-state index in [2.05, 4.69) is 15.4 Å². The molecule has 1 atom stereocenters. The zero-order valence-electron chi connectivity index (χ0n) is 17.1. The molecule has 2 aromatic carbocycles. The lowest BCUT2D eigenvalue weighted by Crippen LogP contribution is -2.47. The summed E-state index contributed by atoms with van der Waals surface area (Å²) in [4.78, 5) is 24.0. The zero-order chi connectivity index (χ0) is 22.7. The molecule has 0 saturated carbocycles. The molecule has 0 saturated heterocycles. The summed E-state index contributed by atoms with van der Waals surface area (Å²) in [6.45, 7) is 0.434. The fourth-order valence-corrected chi connectivity index (χ4v) is 4.48. The smallest absolute Gasteiger partial charge is 0.244 e. The van der Waals surface area contributed by atoms with Crippen LogP contribution in [0.3, 0.4) is 0 Å². The van der Waals surface area contributed by atoms with Gasteiger partial charge in [-0.15, -0.1) is 0 Å². The highest BCUT2D eigenvalue weighted by atomic mass is 32.2. The number of thioether (sulfide) groups is 1. The van der Waals surface area contributed by atoms with E-state index in [1.807, 2.05) is 36.6 Å². The molecule has 0 bridgehead atoms. The van der Waals surface area contributed by atoms with E-state index in [9.17, 15) is 22.4 Å². The average molecular weight is 468 g/mol. The molecule has 10 heteroatoms. The molecule has 2 aromatic rings. The lowest BCUT2D eigenvalue weighted by atomic mass is 10.2. The maximum absolute atomic E-state index is 13.9. The fraction of sp³-hybridized carbons (Fsp3) is 0.333. The molecule has 0 spiro atoms. The first-order chi connectivity index (χ1) is 14.8. The number of halogens is 1. The van der Waals surface area contributed by atoms with Gasteiger partial charge in [0.2, 0.25) is 21.8 Å². The summed E-state index contributed by atoms with van der Waals surface area (Å²) in [6, 6.07) is 13.3. The summed E-state index contributed by atoms with van der Waals surface area (Å²) in [5.41, 5.74) is 0.958. The molecule has 0 aliphatic carbocycles. The first-order valence-corrected chi connectivity index (χ1v) is 12.6. The summed E-state index contributed by atoms with van der Waals surface area (Å²) in [5.74, 6) is -1.18. The monoisotopic (exact) mass is 467 g/mol. The average Bonchev–Trinajstić information content (AvgIpc) is 2.76. The highest BCUT2D eigenvalue weighted by Gasteiger charge is 2.27. The second kappa shape index (κ2) is 12.4. The summed E-state index contributed by atoms with van der Waals surface area (Å²) < 4.78 is 41.2. The van der Waals surface area contributed by atoms with Crippen molar-refractivity contribution in [1.82, 2.24) is 15.4 Å². The Hall–Kier alpha value is -2.43. The van der Waals surface area contributed by atoms with Gasteiger partial charge < -0.3 is 10.6 Å². The summed E-state index contributed by atoms with van der Waals surface area (Å²) in [6.07, 6.45) is 2.10. The van der Waals surface area contributed by atoms with Gasteiger partial charge in [-0.1, -0.05) is 42.5 Å². The van der Waals surface area contributed by atoms with E-state index in [1.54, 1.807) is 0 Å². The van der Waals surface area contributed by atoms with Crippen molar-refractivity contribution in [1.29, 1.82) is 0 Å². The number of carbonyl (C=O) groups excluding carboxylic acids is 2. The van der Waals surface area contributed by atoms with Gasteiger partial charge >= 0.3 is 0 Å². The van der Waals surface area contributed by atoms with E-state index in [-0.39, 0.29) is 25.3 Å². The molecule has 31 heavy (non-hydrogen) atoms. The number of benzene rings is 2. The summed E-state index contributed by atoms with van der Waals surface area (Å²) >= 11 is 1.45. The van der Waals surface area contributed by atoms with E-state index in [4.69, 9.17) is 0 Å². The number of hydrogen-bond donors (Lipinski definition) is 3. The number of sulfonamides is 1. The molecule has 0 aliphatic heterocycles. The van der Waals surface area contributed by atoms with E-state index < -0.39 is 32.7 Å². The van der Waals surface area contributed by atoms with Crippen molar-refractivity contribution < 1.29 is 22.4 Å². The Morgan fingerprint density at radius 1 is 1.03 bits per heavy atom. The van der Waals surface area contributed by atoms with Crippen molar-refractivity contribution in [2.45, 2.75) is 30.3 Å². The van der Waals surface area contributed by atoms with Gasteiger partial charge in [-0.3, -0.25) is 9.59 Å². The standard InChI is InChI=1S/C21H26FN3O4S2/c1-30-14-12-18(25-31(28,29)19-10-6-5-9-17(19)22)21(27)23-13-11-20(26)24-15-16-7-3-2-4-8-16/h2-10,18,25H,11-15H2,1H3,(H,23,27)(H,24,26). The first-order valence-electron chi connectivity index (χ1n) is 9.67. The SMILES string of the molecule is CSCCC(NS(=O)(=O)c1ccccc1F)C(=O)NCCC(=O)NCc1ccccc1. The molecule has 168 valence electrons. The van der Waals surface area contributed by atoms with Gasteiger partial charge in [0.05, 0.1) is 0 Å². The van der Waals surface area contributed by atoms with E-state index in [0.29, 0.717) is 12.3 Å². The number of nitrogens with one attached hydrogen (secondary N) is 3. The molecule has 0 radical (unpaired) electrons. The summed E-state index contributed by atoms with van der Waals surface area (Å²) in [7, 11) is -4.22. The van der Waals surface area contributed by atoms with Crippen LogP contribution < -0.4 is 15.4 Å². The van der Waals surface area contributed by atoms with E-state index >= 15 is 0 Å². The molecule has 0 aromatic heterocycles. The zero-order valence-corrected chi connectivity index (χ0v) is 18.8. The Morgan fingerprint density at radius 3 is 2.39 bits per heavy atom. The van der Waals surface area contributed by atoms with Crippen molar-refractivity contribution in [2.75, 3.05) is 18.6 Å². The van der Waals surface area contributed by atoms with E-state index in [0.717, 1.165) is 17.7 Å². The van der Waals surface area contributed by atoms with Crippen LogP contribution in [0.4, 0.5) is 4.39 Å². The fourth-order valence-electron chi connectivity index (χ4n) is 2.70. The molecule has 0 aliphatic rings. The third-order valence-corrected chi connectivity index (χ3v) is 6.48. The molecule has 0 fully saturated rings. The Morgan fingerprint density at radius 2 is 1.71 bits per heavy atom. The minimum Gasteiger partial charge on any atom is -0.354 e. The van der Waals surface area contributed by atoms with Gasteiger partial charge in [0.15, 0.2) is 0 Å². The molecule has 1 unspecified atom stereocenters. The maximum Gasteiger partial charge on any atom is 0.244 e. The van der Waals surface area contributed by atoms with E-state index in [1.165, 1.54) is 23.9 Å². The highest BCUT2D eigenvalue weighted by Crippen LogP contribution is 2.15. The van der Waals surface area contributed by atoms with Crippen LogP contribution in [0.25, 0.3) is 0 Å². The molecule has 7 nitrogen and oxygen atoms in total. The quantitative estimate of drug-likeness (QED) is 0.443. The van der Waals surface area contributed by atoms with Crippen LogP contribution >= 0.6 is 11.8 Å². The van der Waals surface area contributed by atoms with Crippen LogP contribution in [-0.2, 0) is 26.2 Å². The van der Waals surface area contributed by atoms with Crippen LogP contribution in [0.15, 0.2) is 59.5 Å². The molecule has 2 rings (SSSR count). The number of hydrogen-bond acceptors (Lipinski definition) is 5. The van der Waals surface area contributed by atoms with Crippen LogP contribution in [0.1, 0.15) is 18.4 Å². The summed E-state index contributed by atoms with van der Waals surface area (Å²) in [5, 5.41) is 5.34. The molecule has 3 N–H and O–H groups in total. The minimum atomic E-state index is -4.22. The number of amides is 2. The van der Waals surface area contributed by atoms with Crippen molar-refractivity contribution in [3.05, 3.63) is 66.0 Å². The van der Waals surface area contributed by atoms with Crippen molar-refractivity contribution >= 4 is 33.6 Å². The second-order valence-corrected chi connectivity index (χ2v) is 9.36. The lowest BCUT2D eigenvalue weighted by molar-refractivity contribution is -0.123. The largest absolute Gasteiger partial charge is 0.354 e. The van der Waals surface area contributed by atoms with Gasteiger partial charge in [-0.05, 0) is 36.1 Å². The Labute approximate surface area is 186 Å². The maximum atomic E-state index is 13.9. The van der Waals surface area contributed by atoms with Gasteiger partial charge in [0, 0.05) is 19.5 Å². The van der Waals surface area contributed by atoms with Crippen LogP contribution in [0, 0.1) is 5.82 Å². The van der Waals surface area contributed by atoms with Crippen LogP contribution in [0.5, 0.6) is 0 Å². The first kappa shape index (κ1) is 24.8. The highest BCUT2D eigenvalue weighted by molar-refractivity contribution is 7.98. The third-order valence-electron chi connectivity index (χ3n) is 4.33. The molecule has 0 heterocycles. The Kier molecular flexibility index (Phi) is 9.96. The second-order valence-electron chi connectivity index (χ2n) is 6.69. The minimum absolute atomic E-state index is 0.0495. The van der Waals surface area contributed by atoms with Crippen molar-refractivity contribution in [3.8, 4) is 0 Å². The third kappa shape index (κ3) is 8.31. The number of rotatable bonds is 12. The topological polar surface area (TPSA) is 104 Å². The van der Waals surface area contributed by atoms with Crippen LogP contribution in [-0.4, -0.2) is 44.8 Å². The van der Waals surface area contributed by atoms with Gasteiger partial charge in [0.1, 0.15) is 16.8 Å². The normalized spacial score (nSPS) is 12.2. The Balaban J connectivity index is 1.89. The predicted molar refractivity (Wildman–Crippen MR) is 119 cm³/mol. The van der Waals surface area contributed by atoms with Gasteiger partial charge in [0.25, 0.3) is 0 Å². The lowest BCUT2D eigenvalue weighted by Gasteiger charge is -2.18. The van der Waals surface area contributed by atoms with Gasteiger partial charge in [-0.2, -0.15) is 16.5 Å². The van der Waals surface area contributed by atoms with Crippen molar-refractivity contribution in [3.63, 3.8) is 0 Å².